The average Bonchev–Trinajstić information content (AvgIpc) is 2.36. The summed E-state index contributed by atoms with van der Waals surface area (Å²) in [6.07, 6.45) is 5.02. The third-order valence-electron chi connectivity index (χ3n) is 3.52. The van der Waals surface area contributed by atoms with Crippen LogP contribution >= 0.6 is 0 Å². The van der Waals surface area contributed by atoms with Crippen molar-refractivity contribution in [1.29, 1.82) is 5.26 Å². The van der Waals surface area contributed by atoms with Gasteiger partial charge in [0.05, 0.1) is 6.07 Å². The van der Waals surface area contributed by atoms with E-state index in [0.717, 1.165) is 32.1 Å². The number of carbonyl (C=O) groups excluding carboxylic acids is 1. The van der Waals surface area contributed by atoms with E-state index in [1.165, 1.54) is 0 Å². The summed E-state index contributed by atoms with van der Waals surface area (Å²) < 4.78 is 0. The lowest BCUT2D eigenvalue weighted by atomic mass is 9.88. The van der Waals surface area contributed by atoms with Crippen molar-refractivity contribution in [2.75, 3.05) is 0 Å². The number of rotatable bonds is 5. The molecule has 0 aromatic carbocycles. The zero-order chi connectivity index (χ0) is 13.5. The van der Waals surface area contributed by atoms with E-state index in [-0.39, 0.29) is 24.2 Å². The average molecular weight is 252 g/mol. The zero-order valence-corrected chi connectivity index (χ0v) is 10.7. The monoisotopic (exact) mass is 252 g/mol. The van der Waals surface area contributed by atoms with Crippen molar-refractivity contribution >= 4 is 11.9 Å². The molecule has 1 fully saturated rings. The van der Waals surface area contributed by atoms with Gasteiger partial charge in [0.25, 0.3) is 0 Å². The van der Waals surface area contributed by atoms with E-state index in [1.807, 2.05) is 6.07 Å². The molecule has 0 aromatic rings. The van der Waals surface area contributed by atoms with Gasteiger partial charge in [-0.1, -0.05) is 26.2 Å². The summed E-state index contributed by atoms with van der Waals surface area (Å²) >= 11 is 0. The number of aliphatic carboxylic acids is 1. The summed E-state index contributed by atoms with van der Waals surface area (Å²) in [6.45, 7) is 1.67. The second kappa shape index (κ2) is 7.00. The molecule has 5 heteroatoms. The van der Waals surface area contributed by atoms with Gasteiger partial charge in [0.1, 0.15) is 6.04 Å². The van der Waals surface area contributed by atoms with E-state index in [9.17, 15) is 9.59 Å². The van der Waals surface area contributed by atoms with Gasteiger partial charge in [-0.05, 0) is 12.8 Å². The minimum Gasteiger partial charge on any atom is -0.480 e. The van der Waals surface area contributed by atoms with Crippen LogP contribution in [0.4, 0.5) is 0 Å². The summed E-state index contributed by atoms with van der Waals surface area (Å²) in [5.74, 6) is -1.68. The second-order valence-electron chi connectivity index (χ2n) is 5.00. The second-order valence-corrected chi connectivity index (χ2v) is 5.00. The number of nitrogens with one attached hydrogen (secondary N) is 1. The Bertz CT molecular complexity index is 343. The van der Waals surface area contributed by atoms with Crippen molar-refractivity contribution in [2.24, 2.45) is 11.8 Å². The van der Waals surface area contributed by atoms with Gasteiger partial charge in [-0.15, -0.1) is 0 Å². The SMILES string of the molecule is C[C@@H](CC#N)[C@H](NC(=O)C1CCCCC1)C(=O)O. The number of amides is 1. The zero-order valence-electron chi connectivity index (χ0n) is 10.7. The summed E-state index contributed by atoms with van der Waals surface area (Å²) in [5, 5.41) is 20.3. The van der Waals surface area contributed by atoms with Crippen LogP contribution in [0.25, 0.3) is 0 Å². The summed E-state index contributed by atoms with van der Waals surface area (Å²) in [5.41, 5.74) is 0. The summed E-state index contributed by atoms with van der Waals surface area (Å²) in [6, 6.07) is 0.982. The fraction of sp³-hybridized carbons (Fsp3) is 0.769. The van der Waals surface area contributed by atoms with Crippen LogP contribution in [-0.2, 0) is 9.59 Å². The van der Waals surface area contributed by atoms with E-state index in [1.54, 1.807) is 6.92 Å². The van der Waals surface area contributed by atoms with Gasteiger partial charge in [0.2, 0.25) is 5.91 Å². The molecule has 0 unspecified atom stereocenters. The molecule has 2 N–H and O–H groups in total. The molecule has 18 heavy (non-hydrogen) atoms. The molecule has 1 aliphatic rings. The lowest BCUT2D eigenvalue weighted by molar-refractivity contribution is -0.144. The molecule has 100 valence electrons. The third kappa shape index (κ3) is 4.02. The van der Waals surface area contributed by atoms with Gasteiger partial charge in [-0.3, -0.25) is 4.79 Å². The van der Waals surface area contributed by atoms with Crippen LogP contribution in [0.1, 0.15) is 45.4 Å². The summed E-state index contributed by atoms with van der Waals surface area (Å²) in [7, 11) is 0. The largest absolute Gasteiger partial charge is 0.480 e. The first-order chi connectivity index (χ1) is 8.56. The van der Waals surface area contributed by atoms with E-state index in [0.29, 0.717) is 0 Å². The number of hydrogen-bond donors (Lipinski definition) is 2. The van der Waals surface area contributed by atoms with Crippen LogP contribution in [0.5, 0.6) is 0 Å². The van der Waals surface area contributed by atoms with Crippen LogP contribution in [0.15, 0.2) is 0 Å². The Hall–Kier alpha value is -1.57. The molecular formula is C13H20N2O3. The molecule has 1 aliphatic carbocycles. The normalized spacial score (nSPS) is 19.6. The third-order valence-corrected chi connectivity index (χ3v) is 3.52. The van der Waals surface area contributed by atoms with Gasteiger partial charge in [0.15, 0.2) is 0 Å². The van der Waals surface area contributed by atoms with Crippen LogP contribution in [-0.4, -0.2) is 23.0 Å². The Morgan fingerprint density at radius 1 is 1.39 bits per heavy atom. The number of nitriles is 1. The maximum absolute atomic E-state index is 12.0. The summed E-state index contributed by atoms with van der Waals surface area (Å²) in [4.78, 5) is 23.1. The molecule has 0 spiro atoms. The first-order valence-electron chi connectivity index (χ1n) is 6.46. The lowest BCUT2D eigenvalue weighted by Gasteiger charge is -2.25. The molecule has 0 radical (unpaired) electrons. The number of nitrogens with zero attached hydrogens (tertiary/aromatic N) is 1. The highest BCUT2D eigenvalue weighted by Gasteiger charge is 2.29. The molecule has 0 saturated heterocycles. The molecule has 0 aromatic heterocycles. The predicted octanol–water partition coefficient (Wildman–Crippen LogP) is 1.69. The van der Waals surface area contributed by atoms with Crippen LogP contribution in [0.3, 0.4) is 0 Å². The molecule has 1 rings (SSSR count). The van der Waals surface area contributed by atoms with E-state index in [2.05, 4.69) is 5.32 Å². The minimum atomic E-state index is -1.07. The van der Waals surface area contributed by atoms with Gasteiger partial charge >= 0.3 is 5.97 Å². The highest BCUT2D eigenvalue weighted by Crippen LogP contribution is 2.24. The Morgan fingerprint density at radius 2 is 2.00 bits per heavy atom. The highest BCUT2D eigenvalue weighted by atomic mass is 16.4. The molecule has 0 heterocycles. The smallest absolute Gasteiger partial charge is 0.326 e. The first-order valence-corrected chi connectivity index (χ1v) is 6.46. The highest BCUT2D eigenvalue weighted by molar-refractivity contribution is 5.85. The van der Waals surface area contributed by atoms with Crippen LogP contribution in [0.2, 0.25) is 0 Å². The van der Waals surface area contributed by atoms with Crippen LogP contribution in [0, 0.1) is 23.2 Å². The molecular weight excluding hydrogens is 232 g/mol. The van der Waals surface area contributed by atoms with Crippen LogP contribution < -0.4 is 5.32 Å². The number of carboxylic acid groups (broad SMARTS) is 1. The quantitative estimate of drug-likeness (QED) is 0.779. The van der Waals surface area contributed by atoms with E-state index < -0.39 is 12.0 Å². The topological polar surface area (TPSA) is 90.2 Å². The molecule has 2 atom stereocenters. The van der Waals surface area contributed by atoms with Crippen molar-refractivity contribution in [3.8, 4) is 6.07 Å². The van der Waals surface area contributed by atoms with Crippen molar-refractivity contribution in [1.82, 2.24) is 5.32 Å². The fourth-order valence-corrected chi connectivity index (χ4v) is 2.35. The standard InChI is InChI=1S/C13H20N2O3/c1-9(7-8-14)11(13(17)18)15-12(16)10-5-3-2-4-6-10/h9-11H,2-7H2,1H3,(H,15,16)(H,17,18)/t9-,11-/m0/s1. The van der Waals surface area contributed by atoms with Gasteiger partial charge < -0.3 is 10.4 Å². The Labute approximate surface area is 107 Å². The Balaban J connectivity index is 2.57. The van der Waals surface area contributed by atoms with Crippen molar-refractivity contribution in [2.45, 2.75) is 51.5 Å². The van der Waals surface area contributed by atoms with E-state index in [4.69, 9.17) is 10.4 Å². The Morgan fingerprint density at radius 3 is 2.50 bits per heavy atom. The van der Waals surface area contributed by atoms with Gasteiger partial charge in [-0.2, -0.15) is 5.26 Å². The van der Waals surface area contributed by atoms with Crippen molar-refractivity contribution in [3.63, 3.8) is 0 Å². The Kier molecular flexibility index (Phi) is 5.63. The number of carboxylic acids is 1. The fourth-order valence-electron chi connectivity index (χ4n) is 2.35. The molecule has 0 bridgehead atoms. The van der Waals surface area contributed by atoms with Gasteiger partial charge in [0, 0.05) is 18.3 Å². The van der Waals surface area contributed by atoms with Gasteiger partial charge in [-0.25, -0.2) is 4.79 Å². The maximum atomic E-state index is 12.0. The first kappa shape index (κ1) is 14.5. The number of hydrogen-bond acceptors (Lipinski definition) is 3. The predicted molar refractivity (Wildman–Crippen MR) is 65.5 cm³/mol. The molecule has 5 nitrogen and oxygen atoms in total. The molecule has 1 saturated carbocycles. The minimum absolute atomic E-state index is 0.0603. The van der Waals surface area contributed by atoms with Crippen molar-refractivity contribution in [3.05, 3.63) is 0 Å². The lowest BCUT2D eigenvalue weighted by Crippen LogP contribution is -2.47. The number of carbonyl (C=O) groups is 2. The molecule has 1 amide bonds. The molecule has 0 aliphatic heterocycles. The van der Waals surface area contributed by atoms with E-state index >= 15 is 0 Å². The van der Waals surface area contributed by atoms with Crippen molar-refractivity contribution < 1.29 is 14.7 Å². The maximum Gasteiger partial charge on any atom is 0.326 e.